The van der Waals surface area contributed by atoms with Crippen LogP contribution in [0, 0.1) is 6.92 Å². The molecule has 0 bridgehead atoms. The van der Waals surface area contributed by atoms with E-state index in [4.69, 9.17) is 14.5 Å². The van der Waals surface area contributed by atoms with E-state index >= 15 is 0 Å². The van der Waals surface area contributed by atoms with Crippen molar-refractivity contribution in [3.63, 3.8) is 0 Å². The van der Waals surface area contributed by atoms with E-state index < -0.39 is 30.4 Å². The van der Waals surface area contributed by atoms with Crippen molar-refractivity contribution in [3.8, 4) is 22.9 Å². The van der Waals surface area contributed by atoms with E-state index in [-0.39, 0.29) is 18.6 Å². The number of hydrogen-bond acceptors (Lipinski definition) is 8. The number of rotatable bonds is 9. The molecule has 1 atom stereocenters. The lowest BCUT2D eigenvalue weighted by molar-refractivity contribution is -0.143. The maximum absolute atomic E-state index is 12.7. The number of amides is 1. The van der Waals surface area contributed by atoms with Crippen LogP contribution in [-0.2, 0) is 16.0 Å². The van der Waals surface area contributed by atoms with E-state index in [0.717, 1.165) is 18.4 Å². The largest absolute Gasteiger partial charge is 0.444 e. The van der Waals surface area contributed by atoms with Gasteiger partial charge in [0.05, 0.1) is 17.7 Å². The van der Waals surface area contributed by atoms with Gasteiger partial charge in [-0.15, -0.1) is 0 Å². The van der Waals surface area contributed by atoms with Crippen molar-refractivity contribution in [2.24, 2.45) is 0 Å². The Morgan fingerprint density at radius 2 is 1.81 bits per heavy atom. The number of benzene rings is 2. The van der Waals surface area contributed by atoms with E-state index in [9.17, 15) is 22.8 Å². The predicted molar refractivity (Wildman–Crippen MR) is 172 cm³/mol. The number of ether oxygens (including phenoxy) is 2. The Morgan fingerprint density at radius 3 is 2.57 bits per heavy atom. The number of ketones is 1. The molecule has 1 N–H and O–H groups in total. The fraction of sp³-hybridized carbons (Fsp3) is 0.400. The van der Waals surface area contributed by atoms with Crippen molar-refractivity contribution in [2.75, 3.05) is 18.4 Å². The van der Waals surface area contributed by atoms with Crippen molar-refractivity contribution in [1.82, 2.24) is 19.9 Å². The number of alkyl halides is 3. The summed E-state index contributed by atoms with van der Waals surface area (Å²) in [6.07, 6.45) is -1.65. The minimum absolute atomic E-state index is 0.0657. The zero-order valence-electron chi connectivity index (χ0n) is 26.9. The number of halogens is 3. The minimum atomic E-state index is -4.38. The number of aromatic nitrogens is 3. The number of Topliss-reactive ketones (excluding diaryl/α,β-unsaturated/α-hetero) is 1. The summed E-state index contributed by atoms with van der Waals surface area (Å²) in [6.45, 7) is 8.49. The number of likely N-dealkylation sites (tertiary alicyclic amines) is 1. The first-order chi connectivity index (χ1) is 22.3. The minimum Gasteiger partial charge on any atom is -0.444 e. The third-order valence-corrected chi connectivity index (χ3v) is 7.68. The molecular formula is C35H38F3N5O4. The fourth-order valence-electron chi connectivity index (χ4n) is 5.49. The number of carbonyl (C=O) groups excluding carboxylic acids is 2. The molecule has 1 aliphatic rings. The van der Waals surface area contributed by atoms with E-state index in [2.05, 4.69) is 15.3 Å². The first-order valence-electron chi connectivity index (χ1n) is 15.6. The van der Waals surface area contributed by atoms with Crippen LogP contribution in [0.3, 0.4) is 0 Å². The molecule has 3 heterocycles. The number of piperidine rings is 1. The number of fused-ring (bicyclic) bond motifs is 1. The van der Waals surface area contributed by atoms with Crippen molar-refractivity contribution >= 4 is 28.6 Å². The molecule has 0 radical (unpaired) electrons. The molecule has 0 spiro atoms. The van der Waals surface area contributed by atoms with Gasteiger partial charge in [0.2, 0.25) is 11.8 Å². The number of hydrogen-bond donors (Lipinski definition) is 1. The Bertz CT molecular complexity index is 1760. The molecule has 0 unspecified atom stereocenters. The van der Waals surface area contributed by atoms with Crippen molar-refractivity contribution in [3.05, 3.63) is 72.1 Å². The lowest BCUT2D eigenvalue weighted by Gasteiger charge is -2.34. The molecule has 1 saturated heterocycles. The van der Waals surface area contributed by atoms with E-state index in [0.29, 0.717) is 58.3 Å². The second-order valence-corrected chi connectivity index (χ2v) is 12.7. The summed E-state index contributed by atoms with van der Waals surface area (Å²) >= 11 is 0. The van der Waals surface area contributed by atoms with Gasteiger partial charge in [0.15, 0.2) is 0 Å². The smallest absolute Gasteiger partial charge is 0.410 e. The number of aryl methyl sites for hydroxylation is 1. The molecule has 9 nitrogen and oxygen atoms in total. The van der Waals surface area contributed by atoms with Crippen LogP contribution in [0.2, 0.25) is 0 Å². The van der Waals surface area contributed by atoms with Crippen LogP contribution in [0.4, 0.5) is 23.9 Å². The average molecular weight is 650 g/mol. The maximum Gasteiger partial charge on any atom is 0.410 e. The number of pyridine rings is 1. The summed E-state index contributed by atoms with van der Waals surface area (Å²) < 4.78 is 50.0. The number of carbonyl (C=O) groups is 2. The second kappa shape index (κ2) is 13.9. The normalized spacial score (nSPS) is 15.4. The highest BCUT2D eigenvalue weighted by Crippen LogP contribution is 2.38. The van der Waals surface area contributed by atoms with Gasteiger partial charge in [0.25, 0.3) is 0 Å². The molecule has 248 valence electrons. The van der Waals surface area contributed by atoms with Crippen LogP contribution in [0.1, 0.15) is 57.6 Å². The third kappa shape index (κ3) is 8.96. The highest BCUT2D eigenvalue weighted by Gasteiger charge is 2.29. The molecule has 47 heavy (non-hydrogen) atoms. The number of nitrogens with zero attached hydrogens (tertiary/aromatic N) is 4. The third-order valence-electron chi connectivity index (χ3n) is 7.68. The van der Waals surface area contributed by atoms with E-state index in [1.165, 1.54) is 0 Å². The quantitative estimate of drug-likeness (QED) is 0.194. The zero-order valence-corrected chi connectivity index (χ0v) is 26.9. The molecular weight excluding hydrogens is 611 g/mol. The van der Waals surface area contributed by atoms with Crippen LogP contribution < -0.4 is 10.1 Å². The summed E-state index contributed by atoms with van der Waals surface area (Å²) in [5.41, 5.74) is 2.04. The van der Waals surface area contributed by atoms with Gasteiger partial charge in [-0.1, -0.05) is 30.3 Å². The Hall–Kier alpha value is -4.74. The van der Waals surface area contributed by atoms with Crippen molar-refractivity contribution < 1.29 is 32.2 Å². The van der Waals surface area contributed by atoms with E-state index in [1.54, 1.807) is 41.6 Å². The Labute approximate surface area is 271 Å². The van der Waals surface area contributed by atoms with Crippen LogP contribution in [0.5, 0.6) is 11.6 Å². The van der Waals surface area contributed by atoms with Gasteiger partial charge in [-0.25, -0.2) is 19.7 Å². The van der Waals surface area contributed by atoms with Crippen molar-refractivity contribution in [2.45, 2.75) is 77.6 Å². The monoisotopic (exact) mass is 649 g/mol. The second-order valence-electron chi connectivity index (χ2n) is 12.7. The van der Waals surface area contributed by atoms with Crippen molar-refractivity contribution in [1.29, 1.82) is 0 Å². The Kier molecular flexibility index (Phi) is 9.97. The average Bonchev–Trinajstić information content (AvgIpc) is 3.01. The summed E-state index contributed by atoms with van der Waals surface area (Å²) in [5, 5.41) is 4.78. The molecule has 4 aromatic rings. The zero-order chi connectivity index (χ0) is 33.8. The van der Waals surface area contributed by atoms with Crippen LogP contribution in [0.15, 0.2) is 60.9 Å². The molecule has 1 aliphatic heterocycles. The van der Waals surface area contributed by atoms with Gasteiger partial charge < -0.3 is 19.7 Å². The number of nitrogens with one attached hydrogen (secondary N) is 1. The molecule has 1 fully saturated rings. The molecule has 2 aromatic heterocycles. The van der Waals surface area contributed by atoms with Gasteiger partial charge in [0, 0.05) is 49.8 Å². The first kappa shape index (κ1) is 33.6. The van der Waals surface area contributed by atoms with Gasteiger partial charge in [-0.3, -0.25) is 4.79 Å². The van der Waals surface area contributed by atoms with Gasteiger partial charge in [-0.05, 0) is 75.2 Å². The van der Waals surface area contributed by atoms with Gasteiger partial charge in [0.1, 0.15) is 17.1 Å². The Morgan fingerprint density at radius 1 is 1.00 bits per heavy atom. The summed E-state index contributed by atoms with van der Waals surface area (Å²) in [5.74, 6) is 0.732. The molecule has 1 amide bonds. The highest BCUT2D eigenvalue weighted by molar-refractivity contribution is 5.95. The van der Waals surface area contributed by atoms with Crippen LogP contribution in [-0.4, -0.2) is 62.6 Å². The van der Waals surface area contributed by atoms with Gasteiger partial charge in [-0.2, -0.15) is 13.2 Å². The molecule has 2 aromatic carbocycles. The Balaban J connectivity index is 1.36. The summed E-state index contributed by atoms with van der Waals surface area (Å²) in [7, 11) is 0. The topological polar surface area (TPSA) is 107 Å². The van der Waals surface area contributed by atoms with Gasteiger partial charge >= 0.3 is 12.3 Å². The summed E-state index contributed by atoms with van der Waals surface area (Å²) in [6, 6.07) is 14.4. The lowest BCUT2D eigenvalue weighted by atomic mass is 9.97. The molecule has 0 aliphatic carbocycles. The number of anilines is 1. The molecule has 0 saturated carbocycles. The van der Waals surface area contributed by atoms with Crippen LogP contribution >= 0.6 is 0 Å². The fourth-order valence-corrected chi connectivity index (χ4v) is 5.49. The molecule has 12 heteroatoms. The predicted octanol–water partition coefficient (Wildman–Crippen LogP) is 8.06. The first-order valence-corrected chi connectivity index (χ1v) is 15.6. The van der Waals surface area contributed by atoms with E-state index in [1.807, 2.05) is 52.0 Å². The standard InChI is InChI=1S/C35H38F3N5O4/c1-22-12-13-26-23(20-25(44)14-16-35(36,37)38)8-5-10-27(26)30(22)46-31-28(11-6-17-39-31)29-15-18-40-32(42-29)41-24-9-7-19-43(21-24)33(45)47-34(2,3)4/h5-6,8,10-13,15,17-18,24H,7,9,14,16,19-21H2,1-4H3,(H,40,41,42)/t24-/m0/s1. The molecule has 5 rings (SSSR count). The highest BCUT2D eigenvalue weighted by atomic mass is 19.4. The maximum atomic E-state index is 12.7. The SMILES string of the molecule is Cc1ccc2c(CC(=O)CCC(F)(F)F)cccc2c1Oc1ncccc1-c1ccnc(N[C@H]2CCCN(C(=O)OC(C)(C)C)C2)n1. The summed E-state index contributed by atoms with van der Waals surface area (Å²) in [4.78, 5) is 40.4. The van der Waals surface area contributed by atoms with Crippen LogP contribution in [0.25, 0.3) is 22.0 Å². The lowest BCUT2D eigenvalue weighted by Crippen LogP contribution is -2.47.